The molecule has 6 heteroatoms. The minimum atomic E-state index is -0.146. The van der Waals surface area contributed by atoms with Crippen LogP contribution in [0.15, 0.2) is 24.3 Å². The fraction of sp³-hybridized carbons (Fsp3) is 0.286. The van der Waals surface area contributed by atoms with Crippen molar-refractivity contribution in [1.29, 1.82) is 0 Å². The first-order valence-corrected chi connectivity index (χ1v) is 7.33. The maximum atomic E-state index is 12.2. The van der Waals surface area contributed by atoms with E-state index in [1.807, 2.05) is 25.9 Å². The molecule has 1 amide bonds. The van der Waals surface area contributed by atoms with Gasteiger partial charge in [-0.2, -0.15) is 0 Å². The molecular formula is C14H16ClN3OS. The van der Waals surface area contributed by atoms with Crippen molar-refractivity contribution in [1.82, 2.24) is 9.88 Å². The molecule has 2 aromatic rings. The Morgan fingerprint density at radius 2 is 2.20 bits per heavy atom. The molecule has 1 heterocycles. The van der Waals surface area contributed by atoms with Crippen molar-refractivity contribution in [3.63, 3.8) is 0 Å². The molecule has 0 saturated carbocycles. The van der Waals surface area contributed by atoms with Crippen LogP contribution in [-0.2, 0) is 6.54 Å². The average Bonchev–Trinajstić information content (AvgIpc) is 2.69. The maximum Gasteiger partial charge on any atom is 0.267 e. The fourth-order valence-electron chi connectivity index (χ4n) is 1.76. The smallest absolute Gasteiger partial charge is 0.267 e. The number of hydrogen-bond donors (Lipinski definition) is 1. The monoisotopic (exact) mass is 309 g/mol. The third-order valence-electron chi connectivity index (χ3n) is 2.58. The van der Waals surface area contributed by atoms with Gasteiger partial charge >= 0.3 is 0 Å². The zero-order valence-corrected chi connectivity index (χ0v) is 13.2. The van der Waals surface area contributed by atoms with Crippen LogP contribution in [0.2, 0.25) is 5.02 Å². The first-order valence-electron chi connectivity index (χ1n) is 6.13. The van der Waals surface area contributed by atoms with Gasteiger partial charge in [0.2, 0.25) is 0 Å². The van der Waals surface area contributed by atoms with Crippen molar-refractivity contribution in [2.75, 3.05) is 19.4 Å². The SMILES string of the molecule is Cc1nc(CN(C)C)sc1C(=O)Nc1cccc(Cl)c1. The molecule has 0 unspecified atom stereocenters. The molecule has 106 valence electrons. The van der Waals surface area contributed by atoms with Gasteiger partial charge in [-0.15, -0.1) is 11.3 Å². The molecule has 20 heavy (non-hydrogen) atoms. The summed E-state index contributed by atoms with van der Waals surface area (Å²) in [6, 6.07) is 7.09. The van der Waals surface area contributed by atoms with Crippen molar-refractivity contribution in [2.45, 2.75) is 13.5 Å². The van der Waals surface area contributed by atoms with E-state index in [0.29, 0.717) is 15.6 Å². The lowest BCUT2D eigenvalue weighted by Crippen LogP contribution is -2.11. The maximum absolute atomic E-state index is 12.2. The lowest BCUT2D eigenvalue weighted by atomic mass is 10.3. The van der Waals surface area contributed by atoms with E-state index in [4.69, 9.17) is 11.6 Å². The van der Waals surface area contributed by atoms with Crippen molar-refractivity contribution in [2.24, 2.45) is 0 Å². The zero-order chi connectivity index (χ0) is 14.7. The summed E-state index contributed by atoms with van der Waals surface area (Å²) in [5.41, 5.74) is 1.44. The zero-order valence-electron chi connectivity index (χ0n) is 11.6. The molecule has 0 fully saturated rings. The second kappa shape index (κ2) is 6.35. The van der Waals surface area contributed by atoms with E-state index in [1.165, 1.54) is 11.3 Å². The van der Waals surface area contributed by atoms with Gasteiger partial charge in [-0.3, -0.25) is 4.79 Å². The number of anilines is 1. The molecule has 0 aliphatic carbocycles. The molecule has 0 atom stereocenters. The highest BCUT2D eigenvalue weighted by Crippen LogP contribution is 2.21. The number of carbonyl (C=O) groups is 1. The minimum Gasteiger partial charge on any atom is -0.321 e. The number of nitrogens with one attached hydrogen (secondary N) is 1. The Bertz CT molecular complexity index is 625. The summed E-state index contributed by atoms with van der Waals surface area (Å²) >= 11 is 7.32. The Kier molecular flexibility index (Phi) is 4.75. The number of thiazole rings is 1. The first kappa shape index (κ1) is 15.0. The van der Waals surface area contributed by atoms with Gasteiger partial charge in [-0.05, 0) is 39.2 Å². The lowest BCUT2D eigenvalue weighted by Gasteiger charge is -2.05. The van der Waals surface area contributed by atoms with Crippen LogP contribution in [0.25, 0.3) is 0 Å². The number of amides is 1. The van der Waals surface area contributed by atoms with Gasteiger partial charge in [-0.1, -0.05) is 17.7 Å². The van der Waals surface area contributed by atoms with Gasteiger partial charge in [0.15, 0.2) is 0 Å². The highest BCUT2D eigenvalue weighted by Gasteiger charge is 2.15. The largest absolute Gasteiger partial charge is 0.321 e. The molecule has 1 N–H and O–H groups in total. The predicted molar refractivity (Wildman–Crippen MR) is 83.6 cm³/mol. The summed E-state index contributed by atoms with van der Waals surface area (Å²) in [5, 5.41) is 4.37. The summed E-state index contributed by atoms with van der Waals surface area (Å²) in [4.78, 5) is 19.3. The van der Waals surface area contributed by atoms with Crippen LogP contribution in [0.4, 0.5) is 5.69 Å². The Hall–Kier alpha value is -1.43. The summed E-state index contributed by atoms with van der Waals surface area (Å²) in [7, 11) is 3.95. The average molecular weight is 310 g/mol. The Morgan fingerprint density at radius 3 is 2.85 bits per heavy atom. The van der Waals surface area contributed by atoms with Crippen LogP contribution < -0.4 is 5.32 Å². The molecular weight excluding hydrogens is 294 g/mol. The van der Waals surface area contributed by atoms with Crippen LogP contribution in [0, 0.1) is 6.92 Å². The molecule has 2 rings (SSSR count). The van der Waals surface area contributed by atoms with Crippen molar-refractivity contribution < 1.29 is 4.79 Å². The van der Waals surface area contributed by atoms with Crippen LogP contribution in [0.1, 0.15) is 20.4 Å². The Labute approximate surface area is 127 Å². The number of aryl methyl sites for hydroxylation is 1. The van der Waals surface area contributed by atoms with E-state index < -0.39 is 0 Å². The second-order valence-electron chi connectivity index (χ2n) is 4.72. The van der Waals surface area contributed by atoms with E-state index in [2.05, 4.69) is 10.3 Å². The molecule has 0 bridgehead atoms. The first-order chi connectivity index (χ1) is 9.45. The predicted octanol–water partition coefficient (Wildman–Crippen LogP) is 3.42. The van der Waals surface area contributed by atoms with Crippen molar-refractivity contribution in [3.8, 4) is 0 Å². The van der Waals surface area contributed by atoms with Gasteiger partial charge in [-0.25, -0.2) is 4.98 Å². The third-order valence-corrected chi connectivity index (χ3v) is 3.96. The number of rotatable bonds is 4. The molecule has 1 aromatic heterocycles. The highest BCUT2D eigenvalue weighted by molar-refractivity contribution is 7.13. The van der Waals surface area contributed by atoms with Crippen molar-refractivity contribution in [3.05, 3.63) is 44.9 Å². The van der Waals surface area contributed by atoms with E-state index >= 15 is 0 Å². The summed E-state index contributed by atoms with van der Waals surface area (Å²) in [6.07, 6.45) is 0. The number of nitrogens with zero attached hydrogens (tertiary/aromatic N) is 2. The summed E-state index contributed by atoms with van der Waals surface area (Å²) in [6.45, 7) is 2.58. The fourth-order valence-corrected chi connectivity index (χ4v) is 3.02. The number of benzene rings is 1. The molecule has 4 nitrogen and oxygen atoms in total. The Morgan fingerprint density at radius 1 is 1.45 bits per heavy atom. The van der Waals surface area contributed by atoms with Crippen LogP contribution in [-0.4, -0.2) is 29.9 Å². The molecule has 0 aliphatic heterocycles. The lowest BCUT2D eigenvalue weighted by molar-refractivity contribution is 0.103. The van der Waals surface area contributed by atoms with Gasteiger partial charge in [0, 0.05) is 17.3 Å². The van der Waals surface area contributed by atoms with E-state index in [1.54, 1.807) is 24.3 Å². The topological polar surface area (TPSA) is 45.2 Å². The number of hydrogen-bond acceptors (Lipinski definition) is 4. The van der Waals surface area contributed by atoms with Crippen LogP contribution >= 0.6 is 22.9 Å². The van der Waals surface area contributed by atoms with Gasteiger partial charge < -0.3 is 10.2 Å². The number of carbonyl (C=O) groups excluding carboxylic acids is 1. The quantitative estimate of drug-likeness (QED) is 0.941. The number of aromatic nitrogens is 1. The third kappa shape index (κ3) is 3.79. The van der Waals surface area contributed by atoms with E-state index in [-0.39, 0.29) is 5.91 Å². The normalized spacial score (nSPS) is 10.8. The van der Waals surface area contributed by atoms with E-state index in [0.717, 1.165) is 17.2 Å². The molecule has 1 aromatic carbocycles. The van der Waals surface area contributed by atoms with Gasteiger partial charge in [0.1, 0.15) is 9.88 Å². The van der Waals surface area contributed by atoms with Crippen molar-refractivity contribution >= 4 is 34.5 Å². The second-order valence-corrected chi connectivity index (χ2v) is 6.24. The van der Waals surface area contributed by atoms with Gasteiger partial charge in [0.25, 0.3) is 5.91 Å². The molecule has 0 radical (unpaired) electrons. The summed E-state index contributed by atoms with van der Waals surface area (Å²) in [5.74, 6) is -0.146. The number of halogens is 1. The Balaban J connectivity index is 2.15. The minimum absolute atomic E-state index is 0.146. The molecule has 0 spiro atoms. The standard InChI is InChI=1S/C14H16ClN3OS/c1-9-13(20-12(16-9)8-18(2)3)14(19)17-11-6-4-5-10(15)7-11/h4-7H,8H2,1-3H3,(H,17,19). The van der Waals surface area contributed by atoms with E-state index in [9.17, 15) is 4.79 Å². The van der Waals surface area contributed by atoms with Crippen LogP contribution in [0.5, 0.6) is 0 Å². The summed E-state index contributed by atoms with van der Waals surface area (Å²) < 4.78 is 0. The van der Waals surface area contributed by atoms with Gasteiger partial charge in [0.05, 0.1) is 5.69 Å². The molecule has 0 aliphatic rings. The van der Waals surface area contributed by atoms with Crippen LogP contribution in [0.3, 0.4) is 0 Å². The highest BCUT2D eigenvalue weighted by atomic mass is 35.5. The molecule has 0 saturated heterocycles.